The first-order valence-electron chi connectivity index (χ1n) is 11.7. The molecule has 8 nitrogen and oxygen atoms in total. The number of aliphatic imine (C=N–C) groups is 1. The van der Waals surface area contributed by atoms with Crippen LogP contribution in [0.4, 0.5) is 14.5 Å². The summed E-state index contributed by atoms with van der Waals surface area (Å²) in [4.78, 5) is 37.4. The van der Waals surface area contributed by atoms with Crippen LogP contribution in [0.3, 0.4) is 0 Å². The third-order valence-corrected chi connectivity index (χ3v) is 6.10. The molecule has 1 atom stereocenters. The second-order valence-corrected chi connectivity index (χ2v) is 8.85. The highest BCUT2D eigenvalue weighted by atomic mass is 19.2. The highest BCUT2D eigenvalue weighted by molar-refractivity contribution is 6.01. The van der Waals surface area contributed by atoms with E-state index in [0.29, 0.717) is 33.6 Å². The third-order valence-electron chi connectivity index (χ3n) is 6.10. The Kier molecular flexibility index (Phi) is 7.52. The largest absolute Gasteiger partial charge is 0.455 e. The normalized spacial score (nSPS) is 12.3. The number of rotatable bonds is 7. The zero-order chi connectivity index (χ0) is 27.6. The molecule has 1 unspecified atom stereocenters. The van der Waals surface area contributed by atoms with Crippen LogP contribution in [0.1, 0.15) is 41.0 Å². The first-order chi connectivity index (χ1) is 18.1. The minimum Gasteiger partial charge on any atom is -0.455 e. The van der Waals surface area contributed by atoms with E-state index < -0.39 is 17.7 Å². The van der Waals surface area contributed by atoms with E-state index in [1.165, 1.54) is 13.1 Å². The lowest BCUT2D eigenvalue weighted by atomic mass is 9.98. The Morgan fingerprint density at radius 3 is 2.55 bits per heavy atom. The number of nitrogens with one attached hydrogen (secondary N) is 2. The topological polar surface area (TPSA) is 106 Å². The van der Waals surface area contributed by atoms with Crippen LogP contribution in [0, 0.1) is 32.4 Å². The molecule has 0 spiro atoms. The minimum absolute atomic E-state index is 0.159. The van der Waals surface area contributed by atoms with Crippen molar-refractivity contribution in [1.29, 1.82) is 0 Å². The Morgan fingerprint density at radius 1 is 1.11 bits per heavy atom. The van der Waals surface area contributed by atoms with Gasteiger partial charge in [0.25, 0.3) is 0 Å². The number of pyridine rings is 1. The van der Waals surface area contributed by atoms with E-state index in [1.807, 2.05) is 39.0 Å². The summed E-state index contributed by atoms with van der Waals surface area (Å²) in [5.74, 6) is -1.64. The molecule has 2 aromatic carbocycles. The molecule has 2 N–H and O–H groups in total. The fourth-order valence-corrected chi connectivity index (χ4v) is 4.25. The Morgan fingerprint density at radius 2 is 1.87 bits per heavy atom. The third kappa shape index (κ3) is 5.10. The molecule has 0 radical (unpaired) electrons. The van der Waals surface area contributed by atoms with Gasteiger partial charge in [0, 0.05) is 29.4 Å². The Hall–Kier alpha value is -4.60. The van der Waals surface area contributed by atoms with Crippen molar-refractivity contribution in [3.05, 3.63) is 92.4 Å². The van der Waals surface area contributed by atoms with Gasteiger partial charge in [0.2, 0.25) is 0 Å². The number of carbonyl (C=O) groups excluding carboxylic acids is 1. The van der Waals surface area contributed by atoms with Gasteiger partial charge in [-0.2, -0.15) is 5.48 Å². The number of aromatic nitrogens is 1. The van der Waals surface area contributed by atoms with Gasteiger partial charge in [-0.1, -0.05) is 6.07 Å². The smallest absolute Gasteiger partial charge is 0.320 e. The lowest BCUT2D eigenvalue weighted by Gasteiger charge is -2.21. The van der Waals surface area contributed by atoms with Gasteiger partial charge in [0.15, 0.2) is 22.9 Å². The van der Waals surface area contributed by atoms with E-state index in [1.54, 1.807) is 13.0 Å². The monoisotopic (exact) mass is 520 g/mol. The highest BCUT2D eigenvalue weighted by Crippen LogP contribution is 2.33. The van der Waals surface area contributed by atoms with Crippen molar-refractivity contribution in [2.75, 3.05) is 12.4 Å². The molecule has 0 aliphatic carbocycles. The van der Waals surface area contributed by atoms with Crippen molar-refractivity contribution in [3.63, 3.8) is 0 Å². The van der Waals surface area contributed by atoms with Crippen molar-refractivity contribution in [2.45, 2.75) is 33.7 Å². The zero-order valence-corrected chi connectivity index (χ0v) is 21.5. The standard InChI is InChI=1S/C28H26F2N4O4/c1-14-10-19(17(4)33-23-9-6-15(2)32-24(23)28(31-5)34-37-13-35)27-20(11-14)25(36)16(3)26(38-27)18-7-8-21(29)22(30)12-18/h6-13,17,33H,1-5H3,(H,31,34). The summed E-state index contributed by atoms with van der Waals surface area (Å²) < 4.78 is 33.8. The van der Waals surface area contributed by atoms with Crippen LogP contribution in [-0.2, 0) is 9.63 Å². The highest BCUT2D eigenvalue weighted by Gasteiger charge is 2.21. The molecule has 4 rings (SSSR count). The van der Waals surface area contributed by atoms with Gasteiger partial charge in [-0.25, -0.2) is 13.8 Å². The van der Waals surface area contributed by atoms with Crippen LogP contribution >= 0.6 is 0 Å². The maximum absolute atomic E-state index is 14.0. The minimum atomic E-state index is -1.04. The predicted octanol–water partition coefficient (Wildman–Crippen LogP) is 5.29. The SMILES string of the molecule is CN=C(NOC=O)c1nc(C)ccc1NC(C)c1cc(C)cc2c(=O)c(C)c(-c3ccc(F)c(F)c3)oc12. The summed E-state index contributed by atoms with van der Waals surface area (Å²) in [5, 5.41) is 3.75. The second-order valence-electron chi connectivity index (χ2n) is 8.85. The number of benzene rings is 2. The predicted molar refractivity (Wildman–Crippen MR) is 141 cm³/mol. The van der Waals surface area contributed by atoms with E-state index in [-0.39, 0.29) is 34.6 Å². The molecular formula is C28H26F2N4O4. The van der Waals surface area contributed by atoms with Gasteiger partial charge in [-0.15, -0.1) is 0 Å². The Labute approximate surface area is 217 Å². The number of amidine groups is 1. The second kappa shape index (κ2) is 10.8. The first-order valence-corrected chi connectivity index (χ1v) is 11.7. The number of fused-ring (bicyclic) bond motifs is 1. The van der Waals surface area contributed by atoms with Crippen LogP contribution in [0.15, 0.2) is 56.7 Å². The van der Waals surface area contributed by atoms with Crippen molar-refractivity contribution in [3.8, 4) is 11.3 Å². The average molecular weight is 521 g/mol. The quantitative estimate of drug-likeness (QED) is 0.148. The number of halogens is 2. The lowest BCUT2D eigenvalue weighted by molar-refractivity contribution is -0.132. The fourth-order valence-electron chi connectivity index (χ4n) is 4.25. The summed E-state index contributed by atoms with van der Waals surface area (Å²) in [6.45, 7) is 7.40. The van der Waals surface area contributed by atoms with E-state index in [9.17, 15) is 18.4 Å². The van der Waals surface area contributed by atoms with Crippen molar-refractivity contribution in [2.24, 2.45) is 4.99 Å². The summed E-state index contributed by atoms with van der Waals surface area (Å²) in [5.41, 5.74) is 6.27. The molecule has 2 aromatic heterocycles. The number of nitrogens with zero attached hydrogens (tertiary/aromatic N) is 2. The van der Waals surface area contributed by atoms with Crippen molar-refractivity contribution < 1.29 is 22.8 Å². The maximum Gasteiger partial charge on any atom is 0.320 e. The summed E-state index contributed by atoms with van der Waals surface area (Å²) in [7, 11) is 1.53. The number of hydroxylamine groups is 1. The Balaban J connectivity index is 1.85. The summed E-state index contributed by atoms with van der Waals surface area (Å²) in [6, 6.07) is 10.2. The molecule has 0 amide bonds. The van der Waals surface area contributed by atoms with Gasteiger partial charge in [-0.3, -0.25) is 14.6 Å². The molecule has 4 aromatic rings. The number of hydrogen-bond donors (Lipinski definition) is 2. The number of hydrogen-bond acceptors (Lipinski definition) is 7. The fraction of sp³-hybridized carbons (Fsp3) is 0.214. The van der Waals surface area contributed by atoms with Crippen LogP contribution in [-0.4, -0.2) is 24.3 Å². The molecule has 0 aliphatic heterocycles. The molecule has 0 saturated heterocycles. The summed E-state index contributed by atoms with van der Waals surface area (Å²) in [6.07, 6.45) is 0. The van der Waals surface area contributed by atoms with Gasteiger partial charge in [0.05, 0.1) is 17.1 Å². The molecule has 0 bridgehead atoms. The van der Waals surface area contributed by atoms with E-state index in [2.05, 4.69) is 25.6 Å². The number of aryl methyl sites for hydroxylation is 2. The zero-order valence-electron chi connectivity index (χ0n) is 21.5. The maximum atomic E-state index is 14.0. The molecular weight excluding hydrogens is 494 g/mol. The van der Waals surface area contributed by atoms with Gasteiger partial charge in [-0.05, 0) is 69.7 Å². The van der Waals surface area contributed by atoms with E-state index in [4.69, 9.17) is 4.42 Å². The summed E-state index contributed by atoms with van der Waals surface area (Å²) >= 11 is 0. The first kappa shape index (κ1) is 26.5. The average Bonchev–Trinajstić information content (AvgIpc) is 2.89. The van der Waals surface area contributed by atoms with Crippen LogP contribution in [0.25, 0.3) is 22.3 Å². The molecule has 0 aliphatic rings. The molecule has 38 heavy (non-hydrogen) atoms. The van der Waals surface area contributed by atoms with E-state index in [0.717, 1.165) is 17.7 Å². The lowest BCUT2D eigenvalue weighted by Crippen LogP contribution is -2.27. The van der Waals surface area contributed by atoms with Crippen molar-refractivity contribution >= 4 is 29.0 Å². The molecule has 2 heterocycles. The van der Waals surface area contributed by atoms with Crippen LogP contribution in [0.5, 0.6) is 0 Å². The Bertz CT molecular complexity index is 1630. The van der Waals surface area contributed by atoms with Crippen molar-refractivity contribution in [1.82, 2.24) is 10.5 Å². The van der Waals surface area contributed by atoms with Crippen LogP contribution in [0.2, 0.25) is 0 Å². The molecule has 10 heteroatoms. The number of carbonyl (C=O) groups is 1. The number of anilines is 1. The molecule has 0 fully saturated rings. The van der Waals surface area contributed by atoms with Gasteiger partial charge < -0.3 is 14.6 Å². The van der Waals surface area contributed by atoms with Gasteiger partial charge in [0.1, 0.15) is 17.0 Å². The molecule has 196 valence electrons. The van der Waals surface area contributed by atoms with Crippen LogP contribution < -0.4 is 16.2 Å². The molecule has 0 saturated carbocycles. The van der Waals surface area contributed by atoms with E-state index >= 15 is 0 Å². The van der Waals surface area contributed by atoms with Gasteiger partial charge >= 0.3 is 6.47 Å².